The highest BCUT2D eigenvalue weighted by Crippen LogP contribution is 2.27. The third-order valence-corrected chi connectivity index (χ3v) is 3.27. The fourth-order valence-corrected chi connectivity index (χ4v) is 2.30. The van der Waals surface area contributed by atoms with Crippen molar-refractivity contribution in [1.29, 1.82) is 0 Å². The molecule has 18 heavy (non-hydrogen) atoms. The van der Waals surface area contributed by atoms with Crippen molar-refractivity contribution < 1.29 is 0 Å². The average molecular weight is 263 g/mol. The van der Waals surface area contributed by atoms with Crippen LogP contribution in [0.25, 0.3) is 17.0 Å². The molecule has 92 valence electrons. The molecule has 0 aliphatic carbocycles. The van der Waals surface area contributed by atoms with E-state index in [-0.39, 0.29) is 0 Å². The molecular formula is C11H11ClN6. The second-order valence-corrected chi connectivity index (χ2v) is 4.50. The van der Waals surface area contributed by atoms with Crippen molar-refractivity contribution in [3.63, 3.8) is 0 Å². The molecule has 0 aliphatic heterocycles. The first-order valence-corrected chi connectivity index (χ1v) is 5.82. The minimum absolute atomic E-state index is 0.482. The minimum atomic E-state index is 0.482. The Kier molecular flexibility index (Phi) is 2.34. The van der Waals surface area contributed by atoms with Gasteiger partial charge >= 0.3 is 0 Å². The quantitative estimate of drug-likeness (QED) is 0.671. The van der Waals surface area contributed by atoms with Crippen LogP contribution in [0.2, 0.25) is 5.15 Å². The van der Waals surface area contributed by atoms with Crippen LogP contribution >= 0.6 is 11.6 Å². The van der Waals surface area contributed by atoms with Gasteiger partial charge in [-0.2, -0.15) is 5.10 Å². The van der Waals surface area contributed by atoms with Crippen LogP contribution in [0.1, 0.15) is 11.4 Å². The molecule has 0 unspecified atom stereocenters. The summed E-state index contributed by atoms with van der Waals surface area (Å²) in [4.78, 5) is 3.99. The van der Waals surface area contributed by atoms with Gasteiger partial charge in [-0.1, -0.05) is 11.6 Å². The first kappa shape index (κ1) is 11.2. The molecule has 0 fully saturated rings. The average Bonchev–Trinajstić information content (AvgIpc) is 2.83. The SMILES string of the molecule is Cc1nn(C)c(C)c1-c1nnc2cncc(Cl)n12. The Morgan fingerprint density at radius 2 is 1.94 bits per heavy atom. The van der Waals surface area contributed by atoms with E-state index in [1.54, 1.807) is 16.8 Å². The van der Waals surface area contributed by atoms with E-state index in [1.807, 2.05) is 25.6 Å². The molecule has 0 radical (unpaired) electrons. The molecule has 0 bridgehead atoms. The molecule has 3 aromatic heterocycles. The standard InChI is InChI=1S/C11H11ClN6/c1-6-10(7(2)17(3)16-6)11-15-14-9-5-13-4-8(12)18(9)11/h4-5H,1-3H3. The van der Waals surface area contributed by atoms with E-state index >= 15 is 0 Å². The zero-order chi connectivity index (χ0) is 12.9. The Hall–Kier alpha value is -1.95. The van der Waals surface area contributed by atoms with E-state index in [1.165, 1.54) is 0 Å². The summed E-state index contributed by atoms with van der Waals surface area (Å²) in [5.74, 6) is 0.695. The Labute approximate surface area is 108 Å². The molecule has 7 heteroatoms. The van der Waals surface area contributed by atoms with Gasteiger partial charge in [-0.15, -0.1) is 10.2 Å². The van der Waals surface area contributed by atoms with Crippen LogP contribution in [0.15, 0.2) is 12.4 Å². The second kappa shape index (κ2) is 3.78. The van der Waals surface area contributed by atoms with Gasteiger partial charge in [0.05, 0.1) is 23.7 Å². The topological polar surface area (TPSA) is 60.9 Å². The summed E-state index contributed by atoms with van der Waals surface area (Å²) in [6.45, 7) is 3.93. The van der Waals surface area contributed by atoms with Crippen molar-refractivity contribution in [3.05, 3.63) is 28.9 Å². The molecule has 0 aromatic carbocycles. The van der Waals surface area contributed by atoms with Gasteiger partial charge in [0.1, 0.15) is 5.15 Å². The lowest BCUT2D eigenvalue weighted by atomic mass is 10.2. The molecule has 0 N–H and O–H groups in total. The van der Waals surface area contributed by atoms with Gasteiger partial charge in [-0.05, 0) is 13.8 Å². The summed E-state index contributed by atoms with van der Waals surface area (Å²) in [6, 6.07) is 0. The molecule has 0 spiro atoms. The Bertz CT molecular complexity index is 741. The molecule has 3 heterocycles. The van der Waals surface area contributed by atoms with Crippen molar-refractivity contribution in [2.24, 2.45) is 7.05 Å². The molecule has 0 saturated carbocycles. The van der Waals surface area contributed by atoms with E-state index in [0.717, 1.165) is 17.0 Å². The zero-order valence-corrected chi connectivity index (χ0v) is 11.0. The lowest BCUT2D eigenvalue weighted by Gasteiger charge is -2.02. The third kappa shape index (κ3) is 1.42. The molecule has 0 saturated heterocycles. The number of aryl methyl sites for hydroxylation is 2. The summed E-state index contributed by atoms with van der Waals surface area (Å²) < 4.78 is 3.59. The largest absolute Gasteiger partial charge is 0.272 e. The number of aromatic nitrogens is 6. The van der Waals surface area contributed by atoms with Crippen molar-refractivity contribution in [3.8, 4) is 11.4 Å². The monoisotopic (exact) mass is 262 g/mol. The molecule has 0 amide bonds. The van der Waals surface area contributed by atoms with E-state index in [9.17, 15) is 0 Å². The highest BCUT2D eigenvalue weighted by molar-refractivity contribution is 6.29. The van der Waals surface area contributed by atoms with E-state index in [2.05, 4.69) is 20.3 Å². The maximum absolute atomic E-state index is 6.16. The van der Waals surface area contributed by atoms with Crippen molar-refractivity contribution >= 4 is 17.2 Å². The Morgan fingerprint density at radius 1 is 1.17 bits per heavy atom. The van der Waals surface area contributed by atoms with Crippen LogP contribution in [0.5, 0.6) is 0 Å². The summed E-state index contributed by atoms with van der Waals surface area (Å²) in [6.07, 6.45) is 3.20. The molecule has 0 aliphatic rings. The Morgan fingerprint density at radius 3 is 2.61 bits per heavy atom. The van der Waals surface area contributed by atoms with Crippen molar-refractivity contribution in [1.82, 2.24) is 29.4 Å². The number of nitrogens with zero attached hydrogens (tertiary/aromatic N) is 6. The number of halogens is 1. The number of hydrogen-bond acceptors (Lipinski definition) is 4. The second-order valence-electron chi connectivity index (χ2n) is 4.12. The van der Waals surface area contributed by atoms with Gasteiger partial charge in [0.25, 0.3) is 0 Å². The van der Waals surface area contributed by atoms with Crippen LogP contribution in [0, 0.1) is 13.8 Å². The number of fused-ring (bicyclic) bond motifs is 1. The van der Waals surface area contributed by atoms with Crippen LogP contribution in [0.4, 0.5) is 0 Å². The van der Waals surface area contributed by atoms with E-state index < -0.39 is 0 Å². The summed E-state index contributed by atoms with van der Waals surface area (Å²) in [5.41, 5.74) is 3.50. The number of rotatable bonds is 1. The smallest absolute Gasteiger partial charge is 0.180 e. The Balaban J connectivity index is 2.39. The van der Waals surface area contributed by atoms with E-state index in [4.69, 9.17) is 11.6 Å². The highest BCUT2D eigenvalue weighted by atomic mass is 35.5. The first-order valence-electron chi connectivity index (χ1n) is 5.45. The fourth-order valence-electron chi connectivity index (χ4n) is 2.07. The normalized spacial score (nSPS) is 11.3. The van der Waals surface area contributed by atoms with Gasteiger partial charge in [0.15, 0.2) is 11.5 Å². The molecule has 3 rings (SSSR count). The van der Waals surface area contributed by atoms with Gasteiger partial charge < -0.3 is 0 Å². The van der Waals surface area contributed by atoms with Crippen molar-refractivity contribution in [2.75, 3.05) is 0 Å². The molecular weight excluding hydrogens is 252 g/mol. The molecule has 6 nitrogen and oxygen atoms in total. The molecule has 3 aromatic rings. The van der Waals surface area contributed by atoms with Gasteiger partial charge in [-0.3, -0.25) is 14.1 Å². The third-order valence-electron chi connectivity index (χ3n) is 3.01. The fraction of sp³-hybridized carbons (Fsp3) is 0.273. The maximum atomic E-state index is 6.16. The number of hydrogen-bond donors (Lipinski definition) is 0. The summed E-state index contributed by atoms with van der Waals surface area (Å²) >= 11 is 6.16. The lowest BCUT2D eigenvalue weighted by molar-refractivity contribution is 0.731. The van der Waals surface area contributed by atoms with Crippen LogP contribution < -0.4 is 0 Å². The van der Waals surface area contributed by atoms with Crippen LogP contribution in [0.3, 0.4) is 0 Å². The van der Waals surface area contributed by atoms with Crippen LogP contribution in [-0.4, -0.2) is 29.4 Å². The van der Waals surface area contributed by atoms with E-state index in [0.29, 0.717) is 16.6 Å². The minimum Gasteiger partial charge on any atom is -0.272 e. The maximum Gasteiger partial charge on any atom is 0.180 e. The summed E-state index contributed by atoms with van der Waals surface area (Å²) in [7, 11) is 1.90. The highest BCUT2D eigenvalue weighted by Gasteiger charge is 2.18. The van der Waals surface area contributed by atoms with Gasteiger partial charge in [0, 0.05) is 12.7 Å². The predicted octanol–water partition coefficient (Wildman–Crippen LogP) is 1.80. The van der Waals surface area contributed by atoms with Gasteiger partial charge in [-0.25, -0.2) is 0 Å². The predicted molar refractivity (Wildman–Crippen MR) is 67.5 cm³/mol. The summed E-state index contributed by atoms with van der Waals surface area (Å²) in [5, 5.41) is 13.1. The zero-order valence-electron chi connectivity index (χ0n) is 10.2. The van der Waals surface area contributed by atoms with Crippen LogP contribution in [-0.2, 0) is 7.05 Å². The lowest BCUT2D eigenvalue weighted by Crippen LogP contribution is -1.95. The first-order chi connectivity index (χ1) is 8.59. The molecule has 0 atom stereocenters. The van der Waals surface area contributed by atoms with Gasteiger partial charge in [0.2, 0.25) is 0 Å². The van der Waals surface area contributed by atoms with Crippen molar-refractivity contribution in [2.45, 2.75) is 13.8 Å².